The molecule has 0 aliphatic carbocycles. The summed E-state index contributed by atoms with van der Waals surface area (Å²) in [6.07, 6.45) is 1.77. The number of nitrogens with one attached hydrogen (secondary N) is 2. The van der Waals surface area contributed by atoms with Gasteiger partial charge in [0.15, 0.2) is 0 Å². The van der Waals surface area contributed by atoms with E-state index < -0.39 is 4.92 Å². The zero-order valence-electron chi connectivity index (χ0n) is 10.4. The number of hydrogen-bond donors (Lipinski definition) is 2. The summed E-state index contributed by atoms with van der Waals surface area (Å²) in [7, 11) is 0. The molecule has 1 amide bonds. The van der Waals surface area contributed by atoms with E-state index in [1.54, 1.807) is 6.92 Å². The molecule has 1 aromatic carbocycles. The van der Waals surface area contributed by atoms with Crippen molar-refractivity contribution in [3.05, 3.63) is 32.8 Å². The minimum Gasteiger partial charge on any atom is -0.324 e. The van der Waals surface area contributed by atoms with E-state index in [1.165, 1.54) is 12.1 Å². The van der Waals surface area contributed by atoms with Gasteiger partial charge in [-0.05, 0) is 37.9 Å². The van der Waals surface area contributed by atoms with E-state index in [0.717, 1.165) is 19.4 Å². The number of carbonyl (C=O) groups is 1. The highest BCUT2D eigenvalue weighted by Crippen LogP contribution is 2.30. The largest absolute Gasteiger partial charge is 0.324 e. The number of hydrogen-bond acceptors (Lipinski definition) is 4. The van der Waals surface area contributed by atoms with Gasteiger partial charge in [0.25, 0.3) is 5.69 Å². The number of halogens is 1. The van der Waals surface area contributed by atoms with E-state index in [0.29, 0.717) is 11.3 Å². The highest BCUT2D eigenvalue weighted by atomic mass is 35.5. The Morgan fingerprint density at radius 1 is 1.58 bits per heavy atom. The van der Waals surface area contributed by atoms with Gasteiger partial charge in [0.2, 0.25) is 5.91 Å². The van der Waals surface area contributed by atoms with Crippen molar-refractivity contribution in [2.75, 3.05) is 11.9 Å². The zero-order valence-corrected chi connectivity index (χ0v) is 11.2. The van der Waals surface area contributed by atoms with Gasteiger partial charge in [-0.1, -0.05) is 11.6 Å². The third-order valence-electron chi connectivity index (χ3n) is 3.13. The Morgan fingerprint density at radius 2 is 2.32 bits per heavy atom. The molecule has 6 nitrogen and oxygen atoms in total. The molecule has 0 radical (unpaired) electrons. The minimum absolute atomic E-state index is 0.0188. The second kappa shape index (κ2) is 5.54. The highest BCUT2D eigenvalue weighted by Gasteiger charge is 2.23. The van der Waals surface area contributed by atoms with Crippen LogP contribution in [0.15, 0.2) is 12.1 Å². The summed E-state index contributed by atoms with van der Waals surface area (Å²) in [4.78, 5) is 22.1. The van der Waals surface area contributed by atoms with Gasteiger partial charge in [-0.2, -0.15) is 0 Å². The fourth-order valence-electron chi connectivity index (χ4n) is 2.07. The minimum atomic E-state index is -0.542. The van der Waals surface area contributed by atoms with Gasteiger partial charge in [0.05, 0.1) is 11.0 Å². The average molecular weight is 284 g/mol. The zero-order chi connectivity index (χ0) is 14.0. The lowest BCUT2D eigenvalue weighted by atomic mass is 10.1. The first kappa shape index (κ1) is 13.8. The summed E-state index contributed by atoms with van der Waals surface area (Å²) in [5.41, 5.74) is 0.966. The van der Waals surface area contributed by atoms with Crippen LogP contribution >= 0.6 is 11.6 Å². The predicted molar refractivity (Wildman–Crippen MR) is 72.5 cm³/mol. The Bertz CT molecular complexity index is 527. The fraction of sp³-hybridized carbons (Fsp3) is 0.417. The van der Waals surface area contributed by atoms with E-state index in [1.807, 2.05) is 0 Å². The number of nitro benzene ring substituents is 1. The van der Waals surface area contributed by atoms with Crippen molar-refractivity contribution in [1.82, 2.24) is 5.32 Å². The maximum Gasteiger partial charge on any atom is 0.288 e. The van der Waals surface area contributed by atoms with Crippen LogP contribution < -0.4 is 10.6 Å². The number of aryl methyl sites for hydroxylation is 1. The lowest BCUT2D eigenvalue weighted by Crippen LogP contribution is -2.35. The summed E-state index contributed by atoms with van der Waals surface area (Å²) in [5, 5.41) is 16.6. The van der Waals surface area contributed by atoms with Gasteiger partial charge < -0.3 is 10.6 Å². The molecule has 1 saturated heterocycles. The molecule has 1 aliphatic rings. The summed E-state index contributed by atoms with van der Waals surface area (Å²) < 4.78 is 0. The van der Waals surface area contributed by atoms with E-state index in [4.69, 9.17) is 11.6 Å². The van der Waals surface area contributed by atoms with Gasteiger partial charge in [-0.15, -0.1) is 0 Å². The first-order chi connectivity index (χ1) is 8.99. The normalized spacial score (nSPS) is 18.3. The maximum atomic E-state index is 11.9. The van der Waals surface area contributed by atoms with E-state index in [-0.39, 0.29) is 22.7 Å². The van der Waals surface area contributed by atoms with Gasteiger partial charge in [0, 0.05) is 11.8 Å². The Kier molecular flexibility index (Phi) is 4.01. The number of nitro groups is 1. The number of anilines is 1. The molecule has 2 rings (SSSR count). The summed E-state index contributed by atoms with van der Waals surface area (Å²) in [6, 6.07) is 2.58. The average Bonchev–Trinajstić information content (AvgIpc) is 2.86. The molecule has 102 valence electrons. The van der Waals surface area contributed by atoms with Crippen LogP contribution in [0.4, 0.5) is 11.4 Å². The number of nitrogens with zero attached hydrogens (tertiary/aromatic N) is 1. The van der Waals surface area contributed by atoms with Crippen LogP contribution in [-0.4, -0.2) is 23.4 Å². The van der Waals surface area contributed by atoms with Crippen molar-refractivity contribution >= 4 is 28.9 Å². The molecular weight excluding hydrogens is 270 g/mol. The lowest BCUT2D eigenvalue weighted by Gasteiger charge is -2.13. The Labute approximate surface area is 115 Å². The van der Waals surface area contributed by atoms with E-state index >= 15 is 0 Å². The summed E-state index contributed by atoms with van der Waals surface area (Å²) >= 11 is 5.83. The molecular formula is C12H14ClN3O3. The first-order valence-electron chi connectivity index (χ1n) is 5.98. The van der Waals surface area contributed by atoms with Crippen molar-refractivity contribution in [1.29, 1.82) is 0 Å². The number of amides is 1. The molecule has 0 saturated carbocycles. The van der Waals surface area contributed by atoms with Gasteiger partial charge >= 0.3 is 0 Å². The molecule has 1 aromatic rings. The highest BCUT2D eigenvalue weighted by molar-refractivity contribution is 6.33. The maximum absolute atomic E-state index is 11.9. The van der Waals surface area contributed by atoms with Crippen molar-refractivity contribution in [3.63, 3.8) is 0 Å². The molecule has 0 spiro atoms. The first-order valence-corrected chi connectivity index (χ1v) is 6.35. The Morgan fingerprint density at radius 3 is 2.89 bits per heavy atom. The molecule has 1 aliphatic heterocycles. The van der Waals surface area contributed by atoms with Crippen LogP contribution in [0.25, 0.3) is 0 Å². The van der Waals surface area contributed by atoms with Crippen LogP contribution in [0.1, 0.15) is 18.4 Å². The quantitative estimate of drug-likeness (QED) is 0.658. The molecule has 0 bridgehead atoms. The van der Waals surface area contributed by atoms with Crippen molar-refractivity contribution in [2.45, 2.75) is 25.8 Å². The molecule has 0 unspecified atom stereocenters. The van der Waals surface area contributed by atoms with Gasteiger partial charge in [-0.3, -0.25) is 14.9 Å². The third-order valence-corrected chi connectivity index (χ3v) is 3.43. The van der Waals surface area contributed by atoms with Crippen LogP contribution in [0.5, 0.6) is 0 Å². The van der Waals surface area contributed by atoms with Crippen LogP contribution in [0.2, 0.25) is 5.02 Å². The van der Waals surface area contributed by atoms with Gasteiger partial charge in [-0.25, -0.2) is 0 Å². The monoisotopic (exact) mass is 283 g/mol. The fourth-order valence-corrected chi connectivity index (χ4v) is 2.30. The molecule has 1 atom stereocenters. The second-order valence-corrected chi connectivity index (χ2v) is 4.92. The summed E-state index contributed by atoms with van der Waals surface area (Å²) in [5.74, 6) is -0.134. The smallest absolute Gasteiger partial charge is 0.288 e. The SMILES string of the molecule is Cc1cc([N+](=O)[O-])c(Cl)cc1NC(=O)[C@@H]1CCCN1. The number of carbonyl (C=O) groups excluding carboxylic acids is 1. The van der Waals surface area contributed by atoms with Crippen molar-refractivity contribution < 1.29 is 9.72 Å². The molecule has 19 heavy (non-hydrogen) atoms. The van der Waals surface area contributed by atoms with Crippen LogP contribution in [0.3, 0.4) is 0 Å². The Balaban J connectivity index is 2.18. The summed E-state index contributed by atoms with van der Waals surface area (Å²) in [6.45, 7) is 2.53. The van der Waals surface area contributed by atoms with Crippen molar-refractivity contribution in [2.24, 2.45) is 0 Å². The van der Waals surface area contributed by atoms with Gasteiger partial charge in [0.1, 0.15) is 5.02 Å². The third kappa shape index (κ3) is 3.02. The van der Waals surface area contributed by atoms with E-state index in [9.17, 15) is 14.9 Å². The molecule has 2 N–H and O–H groups in total. The standard InChI is InChI=1S/C12H14ClN3O3/c1-7-5-11(16(18)19)8(13)6-10(7)15-12(17)9-3-2-4-14-9/h5-6,9,14H,2-4H2,1H3,(H,15,17)/t9-/m0/s1. The van der Waals surface area contributed by atoms with Crippen LogP contribution in [0, 0.1) is 17.0 Å². The molecule has 7 heteroatoms. The Hall–Kier alpha value is -1.66. The topological polar surface area (TPSA) is 84.3 Å². The van der Waals surface area contributed by atoms with Crippen LogP contribution in [-0.2, 0) is 4.79 Å². The number of rotatable bonds is 3. The molecule has 1 fully saturated rings. The van der Waals surface area contributed by atoms with E-state index in [2.05, 4.69) is 10.6 Å². The molecule has 1 heterocycles. The lowest BCUT2D eigenvalue weighted by molar-refractivity contribution is -0.384. The number of benzene rings is 1. The van der Waals surface area contributed by atoms with Crippen molar-refractivity contribution in [3.8, 4) is 0 Å². The molecule has 0 aromatic heterocycles. The predicted octanol–water partition coefficient (Wildman–Crippen LogP) is 2.25. The second-order valence-electron chi connectivity index (χ2n) is 4.51.